The van der Waals surface area contributed by atoms with Crippen LogP contribution in [0.5, 0.6) is 5.75 Å². The minimum absolute atomic E-state index is 0.115. The van der Waals surface area contributed by atoms with Crippen LogP contribution in [0.15, 0.2) is 152 Å². The molecule has 35 heteroatoms. The van der Waals surface area contributed by atoms with E-state index in [0.29, 0.717) is 47.4 Å². The van der Waals surface area contributed by atoms with Gasteiger partial charge in [-0.05, 0) is 116 Å². The Hall–Kier alpha value is -7.45. The zero-order chi connectivity index (χ0) is 57.1. The number of nitrogens with one attached hydrogen (secondary N) is 2. The molecular formula is C42H42N10O19S6. The molecule has 0 aliphatic carbocycles. The van der Waals surface area contributed by atoms with Gasteiger partial charge in [0.05, 0.1) is 50.3 Å². The summed E-state index contributed by atoms with van der Waals surface area (Å²) in [6, 6.07) is 18.2. The van der Waals surface area contributed by atoms with Crippen molar-refractivity contribution in [3.8, 4) is 5.75 Å². The van der Waals surface area contributed by atoms with E-state index in [1.807, 2.05) is 19.9 Å². The Balaban J connectivity index is 1.29. The van der Waals surface area contributed by atoms with Gasteiger partial charge in [0.15, 0.2) is 15.6 Å². The second-order valence-electron chi connectivity index (χ2n) is 15.7. The molecule has 0 fully saturated rings. The van der Waals surface area contributed by atoms with Crippen LogP contribution in [-0.2, 0) is 69.6 Å². The van der Waals surface area contributed by atoms with Gasteiger partial charge in [-0.3, -0.25) is 27.7 Å². The van der Waals surface area contributed by atoms with Crippen LogP contribution in [-0.4, -0.2) is 105 Å². The second kappa shape index (κ2) is 22.6. The summed E-state index contributed by atoms with van der Waals surface area (Å²) in [6.45, 7) is 5.68. The van der Waals surface area contributed by atoms with E-state index in [1.165, 1.54) is 31.2 Å². The summed E-state index contributed by atoms with van der Waals surface area (Å²) in [4.78, 5) is 9.08. The lowest BCUT2D eigenvalue weighted by atomic mass is 10.1. The van der Waals surface area contributed by atoms with Gasteiger partial charge < -0.3 is 21.1 Å². The number of benzene rings is 6. The first-order valence-electron chi connectivity index (χ1n) is 21.4. The predicted octanol–water partition coefficient (Wildman–Crippen LogP) is 7.31. The van der Waals surface area contributed by atoms with E-state index >= 15 is 0 Å². The van der Waals surface area contributed by atoms with Crippen molar-refractivity contribution >= 4 is 134 Å². The van der Waals surface area contributed by atoms with Crippen molar-refractivity contribution < 1.29 is 82.8 Å². The highest BCUT2D eigenvalue weighted by Gasteiger charge is 2.29. The fraction of sp³-hybridized carbons (Fsp3) is 0.167. The lowest BCUT2D eigenvalue weighted by molar-refractivity contribution is -0.114. The number of sulfonamides is 1. The average molecular weight is 1180 g/mol. The molecule has 77 heavy (non-hydrogen) atoms. The van der Waals surface area contributed by atoms with Crippen LogP contribution in [0.25, 0.3) is 10.8 Å². The molecule has 0 atom stereocenters. The normalized spacial score (nSPS) is 13.0. The first-order valence-corrected chi connectivity index (χ1v) is 30.2. The van der Waals surface area contributed by atoms with E-state index in [9.17, 15) is 74.1 Å². The van der Waals surface area contributed by atoms with Crippen LogP contribution < -0.4 is 20.7 Å². The third-order valence-corrected chi connectivity index (χ3v) is 16.7. The van der Waals surface area contributed by atoms with Crippen molar-refractivity contribution in [2.75, 3.05) is 46.1 Å². The Labute approximate surface area is 439 Å². The molecule has 0 bridgehead atoms. The Morgan fingerprint density at radius 1 is 0.610 bits per heavy atom. The van der Waals surface area contributed by atoms with Crippen molar-refractivity contribution in [1.29, 1.82) is 0 Å². The van der Waals surface area contributed by atoms with E-state index in [1.54, 1.807) is 12.1 Å². The van der Waals surface area contributed by atoms with Crippen LogP contribution in [0.1, 0.15) is 20.8 Å². The van der Waals surface area contributed by atoms with E-state index < -0.39 is 132 Å². The average Bonchev–Trinajstić information content (AvgIpc) is 3.33. The van der Waals surface area contributed by atoms with Gasteiger partial charge in [0, 0.05) is 31.4 Å². The van der Waals surface area contributed by atoms with Crippen molar-refractivity contribution in [1.82, 2.24) is 0 Å². The van der Waals surface area contributed by atoms with Gasteiger partial charge in [-0.15, -0.1) is 20.5 Å². The molecule has 6 rings (SSSR count). The van der Waals surface area contributed by atoms with E-state index in [-0.39, 0.29) is 22.2 Å². The lowest BCUT2D eigenvalue weighted by Crippen LogP contribution is -2.21. The highest BCUT2D eigenvalue weighted by Crippen LogP contribution is 2.48. The lowest BCUT2D eigenvalue weighted by Gasteiger charge is -2.22. The van der Waals surface area contributed by atoms with Gasteiger partial charge in [0.1, 0.15) is 37.4 Å². The first-order chi connectivity index (χ1) is 35.7. The molecule has 0 unspecified atom stereocenters. The molecule has 0 radical (unpaired) electrons. The van der Waals surface area contributed by atoms with Gasteiger partial charge in [-0.1, -0.05) is 0 Å². The molecule has 1 amide bonds. The Morgan fingerprint density at radius 2 is 1.12 bits per heavy atom. The highest BCUT2D eigenvalue weighted by atomic mass is 32.3. The van der Waals surface area contributed by atoms with Crippen LogP contribution in [0.2, 0.25) is 0 Å². The number of rotatable bonds is 21. The molecule has 0 spiro atoms. The van der Waals surface area contributed by atoms with Crippen molar-refractivity contribution in [3.63, 3.8) is 0 Å². The fourth-order valence-corrected chi connectivity index (χ4v) is 11.6. The SMILES string of the molecule is CCN(CC)c1ccc(N=Nc2ccc(NS(=O)(=O)c3ccc(N=Nc4c(S(=O)(=O)O)cc5cc(S(=O)(=O)O)c(N=Nc6ccc(S(=O)(=O)CCOS(=O)(=O)O)cc6S(=O)(=O)O)c(N)c5c4O)cc3)cc2)c(NC(C)=O)c1. The molecule has 0 saturated carbocycles. The first kappa shape index (κ1) is 58.8. The zero-order valence-corrected chi connectivity index (χ0v) is 44.6. The van der Waals surface area contributed by atoms with Crippen molar-refractivity contribution in [3.05, 3.63) is 97.1 Å². The summed E-state index contributed by atoms with van der Waals surface area (Å²) in [7, 11) is -30.2. The number of sulfone groups is 1. The predicted molar refractivity (Wildman–Crippen MR) is 276 cm³/mol. The fourth-order valence-electron chi connectivity index (χ4n) is 6.96. The summed E-state index contributed by atoms with van der Waals surface area (Å²) in [5, 5.41) is 36.1. The molecule has 0 aromatic heterocycles. The summed E-state index contributed by atoms with van der Waals surface area (Å²) in [6.07, 6.45) is 0. The highest BCUT2D eigenvalue weighted by molar-refractivity contribution is 7.92. The monoisotopic (exact) mass is 1180 g/mol. The van der Waals surface area contributed by atoms with Gasteiger partial charge in [0.2, 0.25) is 5.91 Å². The summed E-state index contributed by atoms with van der Waals surface area (Å²) in [5.41, 5.74) is 4.20. The molecule has 0 aliphatic heterocycles. The largest absolute Gasteiger partial charge is 0.505 e. The third kappa shape index (κ3) is 14.5. The number of carbonyl (C=O) groups excluding carboxylic acids is 1. The summed E-state index contributed by atoms with van der Waals surface area (Å²) >= 11 is 0. The quantitative estimate of drug-likeness (QED) is 0.0199. The molecule has 6 aromatic rings. The number of anilines is 4. The van der Waals surface area contributed by atoms with Crippen LogP contribution in [0, 0.1) is 0 Å². The molecule has 0 heterocycles. The minimum Gasteiger partial charge on any atom is -0.505 e. The van der Waals surface area contributed by atoms with E-state index in [0.717, 1.165) is 43.0 Å². The van der Waals surface area contributed by atoms with Gasteiger partial charge in [-0.25, -0.2) is 21.0 Å². The third-order valence-electron chi connectivity index (χ3n) is 10.5. The summed E-state index contributed by atoms with van der Waals surface area (Å²) in [5.74, 6) is -2.68. The number of nitrogens with two attached hydrogens (primary N) is 1. The van der Waals surface area contributed by atoms with Gasteiger partial charge in [-0.2, -0.15) is 43.9 Å². The maximum absolute atomic E-state index is 13.4. The number of aromatic hydroxyl groups is 1. The van der Waals surface area contributed by atoms with Gasteiger partial charge >= 0.3 is 10.4 Å². The molecule has 29 nitrogen and oxygen atoms in total. The molecule has 410 valence electrons. The minimum atomic E-state index is -5.46. The zero-order valence-electron chi connectivity index (χ0n) is 39.7. The molecule has 0 aliphatic rings. The van der Waals surface area contributed by atoms with E-state index in [2.05, 4.69) is 49.8 Å². The van der Waals surface area contributed by atoms with Crippen molar-refractivity contribution in [2.45, 2.75) is 45.2 Å². The number of azo groups is 3. The Bertz CT molecular complexity index is 4120. The summed E-state index contributed by atoms with van der Waals surface area (Å²) < 4.78 is 194. The number of hydrogen-bond donors (Lipinski definition) is 8. The topological polar surface area (TPSA) is 460 Å². The standard InChI is InChI=1S/C42H42N10O19S6/c1-4-52(5-2)29-12-16-32(34(22-29)44-24(3)53)47-45-26-6-8-28(9-7-26)51-73(57,58)30-13-10-27(11-14-30)46-50-41-37(76(65,66)67)21-25-20-36(75(62,63)64)40(39(43)38(25)42(41)54)49-48-33-17-15-31(23-35(33)74(59,60)61)72(55,56)19-18-71-77(68,69)70/h6-17,20-23,51,54H,4-5,18-19,43H2,1-3H3,(H,44,53)(H,59,60,61)(H,62,63,64)(H,65,66,67)(H,68,69,70). The second-order valence-corrected chi connectivity index (χ2v) is 24.8. The molecule has 9 N–H and O–H groups in total. The molecule has 0 saturated heterocycles. The smallest absolute Gasteiger partial charge is 0.397 e. The number of nitrogen functional groups attached to an aromatic ring is 1. The number of phenols is 1. The number of amides is 1. The van der Waals surface area contributed by atoms with Crippen LogP contribution in [0.3, 0.4) is 0 Å². The Kier molecular flexibility index (Phi) is 17.3. The maximum Gasteiger partial charge on any atom is 0.397 e. The number of phenolic OH excluding ortho intramolecular Hbond substituents is 1. The van der Waals surface area contributed by atoms with E-state index in [4.69, 9.17) is 10.3 Å². The number of nitrogens with zero attached hydrogens (tertiary/aromatic N) is 7. The maximum atomic E-state index is 13.4. The molecular weight excluding hydrogens is 1140 g/mol. The van der Waals surface area contributed by atoms with Crippen molar-refractivity contribution in [2.24, 2.45) is 30.7 Å². The van der Waals surface area contributed by atoms with Gasteiger partial charge in [0.25, 0.3) is 40.4 Å². The Morgan fingerprint density at radius 3 is 1.66 bits per heavy atom. The van der Waals surface area contributed by atoms with Crippen LogP contribution in [0.4, 0.5) is 56.9 Å². The number of fused-ring (bicyclic) bond motifs is 1. The van der Waals surface area contributed by atoms with Crippen LogP contribution >= 0.6 is 0 Å². The molecule has 6 aromatic carbocycles. The number of carbonyl (C=O) groups is 1. The number of hydrogen-bond acceptors (Lipinski definition) is 23.